The number of ketones is 1. The van der Waals surface area contributed by atoms with Gasteiger partial charge in [-0.15, -0.1) is 0 Å². The first-order valence-corrected chi connectivity index (χ1v) is 5.99. The average molecular weight is 204 g/mol. The molecular formula is C8H16O4Si. The Morgan fingerprint density at radius 1 is 1.46 bits per heavy atom. The van der Waals surface area contributed by atoms with Gasteiger partial charge in [-0.1, -0.05) is 6.42 Å². The summed E-state index contributed by atoms with van der Waals surface area (Å²) in [5, 5.41) is 7.86. The van der Waals surface area contributed by atoms with Gasteiger partial charge in [-0.25, -0.2) is 0 Å². The monoisotopic (exact) mass is 204 g/mol. The van der Waals surface area contributed by atoms with E-state index < -0.39 is 5.97 Å². The van der Waals surface area contributed by atoms with Crippen LogP contribution in [0.25, 0.3) is 0 Å². The molecule has 0 aliphatic carbocycles. The summed E-state index contributed by atoms with van der Waals surface area (Å²) in [7, 11) is 0.00849. The Balaban J connectivity index is 0.000000223. The Labute approximate surface area is 80.2 Å². The topological polar surface area (TPSA) is 63.6 Å². The minimum Gasteiger partial charge on any atom is -0.481 e. The van der Waals surface area contributed by atoms with Gasteiger partial charge in [0.05, 0.1) is 0 Å². The molecule has 1 fully saturated rings. The molecule has 0 aromatic heterocycles. The van der Waals surface area contributed by atoms with Gasteiger partial charge < -0.3 is 9.53 Å². The molecule has 0 spiro atoms. The van der Waals surface area contributed by atoms with Crippen molar-refractivity contribution in [3.63, 3.8) is 0 Å². The quantitative estimate of drug-likeness (QED) is 0.520. The fourth-order valence-electron chi connectivity index (χ4n) is 0.900. The molecule has 1 aliphatic heterocycles. The SMILES string of the molecule is C1CC[SiH2]OC1.CC(=O)CC(=O)O. The van der Waals surface area contributed by atoms with E-state index in [9.17, 15) is 9.59 Å². The van der Waals surface area contributed by atoms with Crippen LogP contribution in [0.4, 0.5) is 0 Å². The fraction of sp³-hybridized carbons (Fsp3) is 0.750. The van der Waals surface area contributed by atoms with Crippen molar-refractivity contribution < 1.29 is 19.1 Å². The Morgan fingerprint density at radius 3 is 2.23 bits per heavy atom. The van der Waals surface area contributed by atoms with E-state index >= 15 is 0 Å². The molecule has 4 nitrogen and oxygen atoms in total. The summed E-state index contributed by atoms with van der Waals surface area (Å²) in [4.78, 5) is 19.5. The summed E-state index contributed by atoms with van der Waals surface area (Å²) in [6, 6.07) is 1.42. The summed E-state index contributed by atoms with van der Waals surface area (Å²) in [5.41, 5.74) is 0. The van der Waals surface area contributed by atoms with Crippen molar-refractivity contribution in [1.29, 1.82) is 0 Å². The standard InChI is InChI=1S/C4H6O3.C4H10OSi/c1-3(5)2-4(6)7;1-2-4-6-5-3-1/h2H2,1H3,(H,6,7);1-4,6H2. The smallest absolute Gasteiger partial charge is 0.310 e. The Kier molecular flexibility index (Phi) is 7.52. The molecule has 5 heteroatoms. The van der Waals surface area contributed by atoms with Crippen LogP contribution in [0.2, 0.25) is 6.04 Å². The van der Waals surface area contributed by atoms with Crippen LogP contribution < -0.4 is 0 Å². The van der Waals surface area contributed by atoms with E-state index in [1.807, 2.05) is 0 Å². The van der Waals surface area contributed by atoms with Crippen molar-refractivity contribution in [2.24, 2.45) is 0 Å². The van der Waals surface area contributed by atoms with Gasteiger partial charge in [0.1, 0.15) is 12.2 Å². The van der Waals surface area contributed by atoms with Crippen LogP contribution in [0, 0.1) is 0 Å². The maximum atomic E-state index is 9.87. The molecule has 0 radical (unpaired) electrons. The second kappa shape index (κ2) is 7.94. The maximum Gasteiger partial charge on any atom is 0.310 e. The third-order valence-corrected chi connectivity index (χ3v) is 2.84. The summed E-state index contributed by atoms with van der Waals surface area (Å²) in [5.74, 6) is -1.37. The van der Waals surface area contributed by atoms with Gasteiger partial charge in [-0.2, -0.15) is 0 Å². The number of hydrogen-bond donors (Lipinski definition) is 1. The zero-order valence-corrected chi connectivity index (χ0v) is 9.33. The van der Waals surface area contributed by atoms with Gasteiger partial charge in [0, 0.05) is 6.61 Å². The van der Waals surface area contributed by atoms with Gasteiger partial charge in [0.15, 0.2) is 9.76 Å². The molecule has 0 bridgehead atoms. The highest BCUT2D eigenvalue weighted by Crippen LogP contribution is 2.01. The highest BCUT2D eigenvalue weighted by Gasteiger charge is 1.98. The molecule has 13 heavy (non-hydrogen) atoms. The molecule has 1 N–H and O–H groups in total. The first-order chi connectivity index (χ1) is 6.13. The number of rotatable bonds is 2. The van der Waals surface area contributed by atoms with Crippen LogP contribution in [-0.2, 0) is 14.0 Å². The highest BCUT2D eigenvalue weighted by molar-refractivity contribution is 6.27. The third-order valence-electron chi connectivity index (χ3n) is 1.48. The van der Waals surface area contributed by atoms with Gasteiger partial charge >= 0.3 is 5.97 Å². The lowest BCUT2D eigenvalue weighted by Crippen LogP contribution is -2.06. The van der Waals surface area contributed by atoms with Crippen LogP contribution >= 0.6 is 0 Å². The van der Waals surface area contributed by atoms with Crippen LogP contribution in [0.1, 0.15) is 26.2 Å². The van der Waals surface area contributed by atoms with E-state index in [-0.39, 0.29) is 22.0 Å². The molecule has 0 aromatic rings. The van der Waals surface area contributed by atoms with Crippen LogP contribution in [0.5, 0.6) is 0 Å². The fourth-order valence-corrected chi connectivity index (χ4v) is 2.07. The predicted octanol–water partition coefficient (Wildman–Crippen LogP) is 0.349. The highest BCUT2D eigenvalue weighted by atomic mass is 28.2. The first-order valence-electron chi connectivity index (χ1n) is 4.42. The molecule has 0 atom stereocenters. The van der Waals surface area contributed by atoms with E-state index in [0.29, 0.717) is 0 Å². The molecule has 0 saturated carbocycles. The molecule has 1 heterocycles. The lowest BCUT2D eigenvalue weighted by atomic mass is 10.3. The summed E-state index contributed by atoms with van der Waals surface area (Å²) in [6.07, 6.45) is 2.39. The molecule has 1 rings (SSSR count). The normalized spacial score (nSPS) is 17.3. The van der Waals surface area contributed by atoms with Crippen molar-refractivity contribution >= 4 is 21.5 Å². The molecule has 76 valence electrons. The first kappa shape index (κ1) is 12.3. The molecule has 0 aromatic carbocycles. The van der Waals surface area contributed by atoms with E-state index in [1.165, 1.54) is 25.8 Å². The summed E-state index contributed by atoms with van der Waals surface area (Å²) in [6.45, 7) is 2.31. The maximum absolute atomic E-state index is 9.87. The van der Waals surface area contributed by atoms with Gasteiger partial charge in [0.25, 0.3) is 0 Å². The van der Waals surface area contributed by atoms with Crippen molar-refractivity contribution in [1.82, 2.24) is 0 Å². The zero-order valence-electron chi connectivity index (χ0n) is 7.91. The van der Waals surface area contributed by atoms with Crippen molar-refractivity contribution in [2.45, 2.75) is 32.2 Å². The minimum absolute atomic E-state index is 0.00849. The van der Waals surface area contributed by atoms with E-state index in [2.05, 4.69) is 0 Å². The zero-order chi connectivity index (χ0) is 10.1. The van der Waals surface area contributed by atoms with Gasteiger partial charge in [-0.3, -0.25) is 9.59 Å². The van der Waals surface area contributed by atoms with Crippen LogP contribution in [0.15, 0.2) is 0 Å². The van der Waals surface area contributed by atoms with Gasteiger partial charge in [0.2, 0.25) is 0 Å². The third kappa shape index (κ3) is 11.3. The number of carbonyl (C=O) groups excluding carboxylic acids is 1. The number of Topliss-reactive ketones (excluding diaryl/α,β-unsaturated/α-hetero) is 1. The molecule has 1 saturated heterocycles. The number of aliphatic carboxylic acids is 1. The minimum atomic E-state index is -1.06. The summed E-state index contributed by atoms with van der Waals surface area (Å²) < 4.78 is 5.21. The van der Waals surface area contributed by atoms with E-state index in [4.69, 9.17) is 9.53 Å². The largest absolute Gasteiger partial charge is 0.481 e. The summed E-state index contributed by atoms with van der Waals surface area (Å²) >= 11 is 0. The number of hydrogen-bond acceptors (Lipinski definition) is 3. The molecule has 0 unspecified atom stereocenters. The Morgan fingerprint density at radius 2 is 2.15 bits per heavy atom. The number of carboxylic acid groups (broad SMARTS) is 1. The molecule has 0 amide bonds. The van der Waals surface area contributed by atoms with Crippen LogP contribution in [-0.4, -0.2) is 33.2 Å². The lowest BCUT2D eigenvalue weighted by molar-refractivity contribution is -0.139. The predicted molar refractivity (Wildman–Crippen MR) is 51.5 cm³/mol. The van der Waals surface area contributed by atoms with E-state index in [0.717, 1.165) is 6.61 Å². The lowest BCUT2D eigenvalue weighted by Gasteiger charge is -2.07. The van der Waals surface area contributed by atoms with Gasteiger partial charge in [-0.05, 0) is 19.4 Å². The van der Waals surface area contributed by atoms with Crippen molar-refractivity contribution in [2.75, 3.05) is 6.61 Å². The number of carboxylic acids is 1. The van der Waals surface area contributed by atoms with Crippen LogP contribution in [0.3, 0.4) is 0 Å². The average Bonchev–Trinajstić information content (AvgIpc) is 2.06. The van der Waals surface area contributed by atoms with E-state index in [1.54, 1.807) is 0 Å². The molecular weight excluding hydrogens is 188 g/mol. The second-order valence-electron chi connectivity index (χ2n) is 2.95. The van der Waals surface area contributed by atoms with Crippen molar-refractivity contribution in [3.8, 4) is 0 Å². The molecule has 1 aliphatic rings. The second-order valence-corrected chi connectivity index (χ2v) is 4.47. The number of carbonyl (C=O) groups is 2. The Hall–Kier alpha value is -0.683. The van der Waals surface area contributed by atoms with Crippen molar-refractivity contribution in [3.05, 3.63) is 0 Å². The Bertz CT molecular complexity index is 142.